The van der Waals surface area contributed by atoms with Crippen LogP contribution in [0.4, 0.5) is 4.79 Å². The number of carbonyl (C=O) groups is 1. The molecule has 1 fully saturated rings. The summed E-state index contributed by atoms with van der Waals surface area (Å²) in [6.45, 7) is 5.07. The summed E-state index contributed by atoms with van der Waals surface area (Å²) in [5.41, 5.74) is 1.05. The van der Waals surface area contributed by atoms with Crippen LogP contribution in [0, 0.1) is 5.92 Å². The molecule has 5 heteroatoms. The van der Waals surface area contributed by atoms with E-state index in [1.807, 2.05) is 44.2 Å². The Bertz CT molecular complexity index is 515. The first-order valence-electron chi connectivity index (χ1n) is 9.94. The van der Waals surface area contributed by atoms with Gasteiger partial charge in [-0.1, -0.05) is 63.4 Å². The largest absolute Gasteiger partial charge is 0.443 e. The molecule has 1 aliphatic carbocycles. The van der Waals surface area contributed by atoms with E-state index in [1.54, 1.807) is 0 Å². The van der Waals surface area contributed by atoms with Crippen molar-refractivity contribution in [3.8, 4) is 0 Å². The van der Waals surface area contributed by atoms with Crippen molar-refractivity contribution in [2.24, 2.45) is 5.92 Å². The fraction of sp³-hybridized carbons (Fsp3) is 0.667. The van der Waals surface area contributed by atoms with Crippen LogP contribution < -0.4 is 10.6 Å². The topological polar surface area (TPSA) is 70.6 Å². The van der Waals surface area contributed by atoms with E-state index >= 15 is 0 Å². The second-order valence-corrected chi connectivity index (χ2v) is 7.72. The van der Waals surface area contributed by atoms with Crippen LogP contribution in [0.25, 0.3) is 0 Å². The molecule has 1 saturated carbocycles. The van der Waals surface area contributed by atoms with E-state index < -0.39 is 18.3 Å². The fourth-order valence-corrected chi connectivity index (χ4v) is 3.29. The molecule has 1 aliphatic rings. The second kappa shape index (κ2) is 11.2. The van der Waals surface area contributed by atoms with E-state index in [0.29, 0.717) is 31.5 Å². The van der Waals surface area contributed by atoms with Crippen LogP contribution in [0.3, 0.4) is 0 Å². The summed E-state index contributed by atoms with van der Waals surface area (Å²) < 4.78 is 5.57. The summed E-state index contributed by atoms with van der Waals surface area (Å²) in [6.07, 6.45) is 4.85. The van der Waals surface area contributed by atoms with Gasteiger partial charge in [-0.25, -0.2) is 4.79 Å². The van der Waals surface area contributed by atoms with E-state index in [0.717, 1.165) is 18.4 Å². The van der Waals surface area contributed by atoms with Crippen LogP contribution in [-0.4, -0.2) is 42.5 Å². The maximum atomic E-state index is 12.1. The molecule has 1 aromatic carbocycles. The normalized spacial score (nSPS) is 17.7. The molecule has 1 aromatic rings. The number of rotatable bonds is 9. The zero-order chi connectivity index (χ0) is 18.8. The van der Waals surface area contributed by atoms with Crippen molar-refractivity contribution in [3.05, 3.63) is 35.9 Å². The highest BCUT2D eigenvalue weighted by Gasteiger charge is 2.25. The van der Waals surface area contributed by atoms with Gasteiger partial charge >= 0.3 is 6.09 Å². The number of aliphatic hydroxyl groups excluding tert-OH is 1. The Labute approximate surface area is 157 Å². The van der Waals surface area contributed by atoms with Crippen LogP contribution in [0.5, 0.6) is 0 Å². The number of aliphatic hydroxyl groups is 1. The van der Waals surface area contributed by atoms with Gasteiger partial charge in [-0.3, -0.25) is 0 Å². The average Bonchev–Trinajstić information content (AvgIpc) is 2.65. The smallest absolute Gasteiger partial charge is 0.407 e. The number of ether oxygens (including phenoxy) is 1. The van der Waals surface area contributed by atoms with Crippen LogP contribution in [0.2, 0.25) is 0 Å². The highest BCUT2D eigenvalue weighted by atomic mass is 16.6. The first-order chi connectivity index (χ1) is 12.5. The Kier molecular flexibility index (Phi) is 8.92. The van der Waals surface area contributed by atoms with Gasteiger partial charge < -0.3 is 20.5 Å². The monoisotopic (exact) mass is 362 g/mol. The summed E-state index contributed by atoms with van der Waals surface area (Å²) in [6, 6.07) is 10.3. The number of hydrogen-bond donors (Lipinski definition) is 3. The molecule has 146 valence electrons. The molecular weight excluding hydrogens is 328 g/mol. The van der Waals surface area contributed by atoms with Gasteiger partial charge in [0.1, 0.15) is 12.2 Å². The molecule has 0 radical (unpaired) electrons. The highest BCUT2D eigenvalue weighted by molar-refractivity contribution is 5.67. The van der Waals surface area contributed by atoms with E-state index in [9.17, 15) is 9.90 Å². The molecule has 1 amide bonds. The lowest BCUT2D eigenvalue weighted by atomic mass is 9.95. The van der Waals surface area contributed by atoms with Crippen LogP contribution >= 0.6 is 0 Å². The van der Waals surface area contributed by atoms with Gasteiger partial charge in [0.2, 0.25) is 0 Å². The molecule has 2 atom stereocenters. The third-order valence-electron chi connectivity index (χ3n) is 4.84. The quantitative estimate of drug-likeness (QED) is 0.631. The molecule has 0 bridgehead atoms. The average molecular weight is 363 g/mol. The SMILES string of the molecule is CC(C)CNC(=O)O[C@@H](Cc1ccccc1)[C@@H](O)CNC1CCCCC1. The van der Waals surface area contributed by atoms with Crippen molar-refractivity contribution in [1.29, 1.82) is 0 Å². The molecule has 0 aromatic heterocycles. The number of nitrogens with one attached hydrogen (secondary N) is 2. The Morgan fingerprint density at radius 1 is 1.15 bits per heavy atom. The van der Waals surface area contributed by atoms with Crippen LogP contribution in [0.1, 0.15) is 51.5 Å². The molecule has 0 spiro atoms. The van der Waals surface area contributed by atoms with E-state index in [4.69, 9.17) is 4.74 Å². The number of alkyl carbamates (subject to hydrolysis) is 1. The first-order valence-corrected chi connectivity index (χ1v) is 9.94. The highest BCUT2D eigenvalue weighted by Crippen LogP contribution is 2.18. The lowest BCUT2D eigenvalue weighted by Gasteiger charge is -2.28. The predicted molar refractivity (Wildman–Crippen MR) is 104 cm³/mol. The molecule has 26 heavy (non-hydrogen) atoms. The summed E-state index contributed by atoms with van der Waals surface area (Å²) in [4.78, 5) is 12.1. The van der Waals surface area contributed by atoms with Gasteiger partial charge in [-0.15, -0.1) is 0 Å². The zero-order valence-corrected chi connectivity index (χ0v) is 16.1. The molecule has 0 unspecified atom stereocenters. The van der Waals surface area contributed by atoms with Gasteiger partial charge in [0.25, 0.3) is 0 Å². The van der Waals surface area contributed by atoms with Crippen molar-refractivity contribution in [2.75, 3.05) is 13.1 Å². The second-order valence-electron chi connectivity index (χ2n) is 7.72. The summed E-state index contributed by atoms with van der Waals surface area (Å²) in [7, 11) is 0. The van der Waals surface area contributed by atoms with E-state index in [1.165, 1.54) is 19.3 Å². The Hall–Kier alpha value is -1.59. The Morgan fingerprint density at radius 2 is 1.85 bits per heavy atom. The van der Waals surface area contributed by atoms with Crippen LogP contribution in [-0.2, 0) is 11.2 Å². The van der Waals surface area contributed by atoms with Crippen molar-refractivity contribution in [1.82, 2.24) is 10.6 Å². The van der Waals surface area contributed by atoms with Crippen molar-refractivity contribution in [3.63, 3.8) is 0 Å². The minimum absolute atomic E-state index is 0.355. The predicted octanol–water partition coefficient (Wildman–Crippen LogP) is 3.26. The van der Waals surface area contributed by atoms with Crippen LogP contribution in [0.15, 0.2) is 30.3 Å². The van der Waals surface area contributed by atoms with Gasteiger partial charge in [0.15, 0.2) is 0 Å². The minimum Gasteiger partial charge on any atom is -0.443 e. The van der Waals surface area contributed by atoms with E-state index in [-0.39, 0.29) is 0 Å². The van der Waals surface area contributed by atoms with Gasteiger partial charge in [0, 0.05) is 25.6 Å². The van der Waals surface area contributed by atoms with Crippen molar-refractivity contribution >= 4 is 6.09 Å². The molecule has 0 aliphatic heterocycles. The Balaban J connectivity index is 1.90. The zero-order valence-electron chi connectivity index (χ0n) is 16.1. The molecule has 0 heterocycles. The first kappa shape index (κ1) is 20.7. The molecule has 5 nitrogen and oxygen atoms in total. The minimum atomic E-state index is -0.734. The van der Waals surface area contributed by atoms with E-state index in [2.05, 4.69) is 10.6 Å². The molecule has 0 saturated heterocycles. The third kappa shape index (κ3) is 7.75. The summed E-state index contributed by atoms with van der Waals surface area (Å²) in [5.74, 6) is 0.355. The van der Waals surface area contributed by atoms with Crippen molar-refractivity contribution in [2.45, 2.75) is 70.6 Å². The standard InChI is InChI=1S/C21H34N2O3/c1-16(2)14-23-21(25)26-20(13-17-9-5-3-6-10-17)19(24)15-22-18-11-7-4-8-12-18/h3,5-6,9-10,16,18-20,22,24H,4,7-8,11-15H2,1-2H3,(H,23,25)/t19-,20-/m0/s1. The Morgan fingerprint density at radius 3 is 2.50 bits per heavy atom. The summed E-state index contributed by atoms with van der Waals surface area (Å²) >= 11 is 0. The number of benzene rings is 1. The van der Waals surface area contributed by atoms with Crippen molar-refractivity contribution < 1.29 is 14.6 Å². The summed E-state index contributed by atoms with van der Waals surface area (Å²) in [5, 5.41) is 16.9. The lowest BCUT2D eigenvalue weighted by Crippen LogP contribution is -2.45. The number of hydrogen-bond acceptors (Lipinski definition) is 4. The molecule has 2 rings (SSSR count). The number of amides is 1. The van der Waals surface area contributed by atoms with Gasteiger partial charge in [-0.05, 0) is 24.3 Å². The van der Waals surface area contributed by atoms with Gasteiger partial charge in [-0.2, -0.15) is 0 Å². The molecule has 3 N–H and O–H groups in total. The fourth-order valence-electron chi connectivity index (χ4n) is 3.29. The lowest BCUT2D eigenvalue weighted by molar-refractivity contribution is 0.00192. The number of carbonyl (C=O) groups excluding carboxylic acids is 1. The third-order valence-corrected chi connectivity index (χ3v) is 4.84. The molecular formula is C21H34N2O3. The maximum Gasteiger partial charge on any atom is 0.407 e. The van der Waals surface area contributed by atoms with Gasteiger partial charge in [0.05, 0.1) is 0 Å². The maximum absolute atomic E-state index is 12.1.